The zero-order valence-corrected chi connectivity index (χ0v) is 11.0. The van der Waals surface area contributed by atoms with Crippen molar-refractivity contribution in [3.8, 4) is 0 Å². The Labute approximate surface area is 107 Å². The van der Waals surface area contributed by atoms with E-state index < -0.39 is 0 Å². The van der Waals surface area contributed by atoms with Crippen LogP contribution in [0.4, 0.5) is 17.5 Å². The Hall–Kier alpha value is -2.11. The molecule has 1 N–H and O–H groups in total. The van der Waals surface area contributed by atoms with Crippen molar-refractivity contribution in [1.29, 1.82) is 0 Å². The van der Waals surface area contributed by atoms with Crippen LogP contribution in [-0.4, -0.2) is 32.8 Å². The molecule has 0 unspecified atom stereocenters. The topological polar surface area (TPSA) is 58.9 Å². The minimum Gasteiger partial charge on any atom is -0.357 e. The van der Waals surface area contributed by atoms with Crippen molar-refractivity contribution in [1.82, 2.24) is 19.7 Å². The van der Waals surface area contributed by atoms with Gasteiger partial charge in [0.05, 0.1) is 11.9 Å². The molecule has 2 rings (SSSR count). The molecule has 6 heteroatoms. The van der Waals surface area contributed by atoms with Gasteiger partial charge in [0, 0.05) is 32.5 Å². The summed E-state index contributed by atoms with van der Waals surface area (Å²) in [5.41, 5.74) is 0.884. The van der Waals surface area contributed by atoms with Crippen LogP contribution in [0.1, 0.15) is 13.8 Å². The summed E-state index contributed by atoms with van der Waals surface area (Å²) in [7, 11) is 1.87. The lowest BCUT2D eigenvalue weighted by molar-refractivity contribution is 0.768. The summed E-state index contributed by atoms with van der Waals surface area (Å²) >= 11 is 0. The van der Waals surface area contributed by atoms with E-state index in [0.29, 0.717) is 5.95 Å². The minimum absolute atomic E-state index is 0.590. The van der Waals surface area contributed by atoms with Gasteiger partial charge in [-0.05, 0) is 19.9 Å². The lowest BCUT2D eigenvalue weighted by Gasteiger charge is -2.19. The van der Waals surface area contributed by atoms with E-state index in [4.69, 9.17) is 0 Å². The smallest absolute Gasteiger partial charge is 0.229 e. The van der Waals surface area contributed by atoms with Crippen molar-refractivity contribution in [2.75, 3.05) is 23.3 Å². The van der Waals surface area contributed by atoms with E-state index in [1.54, 1.807) is 17.1 Å². The number of anilines is 3. The molecule has 0 bridgehead atoms. The maximum Gasteiger partial charge on any atom is 0.229 e. The van der Waals surface area contributed by atoms with Gasteiger partial charge in [-0.25, -0.2) is 4.98 Å². The second-order valence-electron chi connectivity index (χ2n) is 3.94. The van der Waals surface area contributed by atoms with Crippen LogP contribution in [0.5, 0.6) is 0 Å². The van der Waals surface area contributed by atoms with Crippen LogP contribution in [0.25, 0.3) is 0 Å². The minimum atomic E-state index is 0.590. The summed E-state index contributed by atoms with van der Waals surface area (Å²) in [5, 5.41) is 7.23. The second kappa shape index (κ2) is 5.48. The first-order chi connectivity index (χ1) is 8.72. The van der Waals surface area contributed by atoms with Gasteiger partial charge in [0.1, 0.15) is 5.82 Å². The van der Waals surface area contributed by atoms with Gasteiger partial charge < -0.3 is 10.2 Å². The number of nitrogens with one attached hydrogen (secondary N) is 1. The van der Waals surface area contributed by atoms with Gasteiger partial charge in [-0.3, -0.25) is 4.68 Å². The third-order valence-electron chi connectivity index (χ3n) is 2.69. The predicted molar refractivity (Wildman–Crippen MR) is 72.1 cm³/mol. The van der Waals surface area contributed by atoms with Gasteiger partial charge in [0.15, 0.2) is 0 Å². The molecule has 0 aromatic carbocycles. The zero-order chi connectivity index (χ0) is 13.0. The molecular formula is C12H18N6. The Morgan fingerprint density at radius 2 is 2.11 bits per heavy atom. The Kier molecular flexibility index (Phi) is 3.76. The van der Waals surface area contributed by atoms with Gasteiger partial charge in [-0.2, -0.15) is 10.1 Å². The Morgan fingerprint density at radius 1 is 1.33 bits per heavy atom. The van der Waals surface area contributed by atoms with Gasteiger partial charge in [0.25, 0.3) is 0 Å². The molecule has 0 fully saturated rings. The molecular weight excluding hydrogens is 228 g/mol. The molecule has 18 heavy (non-hydrogen) atoms. The number of aromatic nitrogens is 4. The summed E-state index contributed by atoms with van der Waals surface area (Å²) in [6.45, 7) is 6.08. The maximum atomic E-state index is 4.49. The van der Waals surface area contributed by atoms with Gasteiger partial charge in [0.2, 0.25) is 5.95 Å². The Morgan fingerprint density at radius 3 is 2.72 bits per heavy atom. The highest BCUT2D eigenvalue weighted by atomic mass is 15.3. The molecule has 2 aromatic rings. The van der Waals surface area contributed by atoms with E-state index in [0.717, 1.165) is 24.6 Å². The van der Waals surface area contributed by atoms with Crippen LogP contribution >= 0.6 is 0 Å². The molecule has 0 saturated heterocycles. The molecule has 0 spiro atoms. The zero-order valence-electron chi connectivity index (χ0n) is 11.0. The van der Waals surface area contributed by atoms with E-state index in [1.807, 2.05) is 19.3 Å². The van der Waals surface area contributed by atoms with E-state index >= 15 is 0 Å². The summed E-state index contributed by atoms with van der Waals surface area (Å²) in [4.78, 5) is 10.9. The van der Waals surface area contributed by atoms with E-state index in [9.17, 15) is 0 Å². The fraction of sp³-hybridized carbons (Fsp3) is 0.417. The van der Waals surface area contributed by atoms with Crippen molar-refractivity contribution >= 4 is 17.5 Å². The van der Waals surface area contributed by atoms with Crippen LogP contribution in [0.3, 0.4) is 0 Å². The molecule has 2 aromatic heterocycles. The Balaban J connectivity index is 2.16. The van der Waals surface area contributed by atoms with Crippen LogP contribution in [0.15, 0.2) is 24.7 Å². The average molecular weight is 246 g/mol. The third kappa shape index (κ3) is 2.77. The molecule has 0 aliphatic heterocycles. The standard InChI is InChI=1S/C12H18N6/c1-4-18(5-2)11-6-7-13-12(16-11)15-10-8-14-17(3)9-10/h6-9H,4-5H2,1-3H3,(H,13,15,16). The quantitative estimate of drug-likeness (QED) is 0.871. The molecule has 0 atom stereocenters. The summed E-state index contributed by atoms with van der Waals surface area (Å²) in [5.74, 6) is 1.52. The fourth-order valence-corrected chi connectivity index (χ4v) is 1.75. The average Bonchev–Trinajstić information content (AvgIpc) is 2.77. The van der Waals surface area contributed by atoms with Crippen LogP contribution in [0.2, 0.25) is 0 Å². The second-order valence-corrected chi connectivity index (χ2v) is 3.94. The molecule has 2 heterocycles. The lowest BCUT2D eigenvalue weighted by Crippen LogP contribution is -2.23. The highest BCUT2D eigenvalue weighted by molar-refractivity contribution is 5.52. The first-order valence-corrected chi connectivity index (χ1v) is 6.06. The monoisotopic (exact) mass is 246 g/mol. The number of hydrogen-bond acceptors (Lipinski definition) is 5. The largest absolute Gasteiger partial charge is 0.357 e. The highest BCUT2D eigenvalue weighted by Crippen LogP contribution is 2.15. The highest BCUT2D eigenvalue weighted by Gasteiger charge is 2.05. The van der Waals surface area contributed by atoms with Crippen molar-refractivity contribution in [3.63, 3.8) is 0 Å². The van der Waals surface area contributed by atoms with Gasteiger partial charge in [-0.1, -0.05) is 0 Å². The number of nitrogens with zero attached hydrogens (tertiary/aromatic N) is 5. The van der Waals surface area contributed by atoms with E-state index in [-0.39, 0.29) is 0 Å². The SMILES string of the molecule is CCN(CC)c1ccnc(Nc2cnn(C)c2)n1. The molecule has 0 saturated carbocycles. The number of hydrogen-bond donors (Lipinski definition) is 1. The molecule has 0 aliphatic rings. The van der Waals surface area contributed by atoms with Crippen LogP contribution < -0.4 is 10.2 Å². The fourth-order valence-electron chi connectivity index (χ4n) is 1.75. The lowest BCUT2D eigenvalue weighted by atomic mass is 10.4. The Bertz CT molecular complexity index is 503. The van der Waals surface area contributed by atoms with Crippen molar-refractivity contribution in [2.24, 2.45) is 7.05 Å². The van der Waals surface area contributed by atoms with Gasteiger partial charge >= 0.3 is 0 Å². The molecule has 96 valence electrons. The van der Waals surface area contributed by atoms with Crippen molar-refractivity contribution in [2.45, 2.75) is 13.8 Å². The third-order valence-corrected chi connectivity index (χ3v) is 2.69. The summed E-state index contributed by atoms with van der Waals surface area (Å²) in [6.07, 6.45) is 5.39. The normalized spacial score (nSPS) is 10.4. The summed E-state index contributed by atoms with van der Waals surface area (Å²) in [6, 6.07) is 1.92. The van der Waals surface area contributed by atoms with Crippen LogP contribution in [-0.2, 0) is 7.05 Å². The molecule has 0 amide bonds. The molecule has 0 radical (unpaired) electrons. The van der Waals surface area contributed by atoms with E-state index in [2.05, 4.69) is 39.1 Å². The molecule has 0 aliphatic carbocycles. The van der Waals surface area contributed by atoms with Crippen molar-refractivity contribution in [3.05, 3.63) is 24.7 Å². The first kappa shape index (κ1) is 12.3. The summed E-state index contributed by atoms with van der Waals surface area (Å²) < 4.78 is 1.73. The van der Waals surface area contributed by atoms with Crippen molar-refractivity contribution < 1.29 is 0 Å². The van der Waals surface area contributed by atoms with Gasteiger partial charge in [-0.15, -0.1) is 0 Å². The number of rotatable bonds is 5. The van der Waals surface area contributed by atoms with Crippen LogP contribution in [0, 0.1) is 0 Å². The first-order valence-electron chi connectivity index (χ1n) is 6.06. The maximum absolute atomic E-state index is 4.49. The number of aryl methyl sites for hydroxylation is 1. The molecule has 6 nitrogen and oxygen atoms in total. The predicted octanol–water partition coefficient (Wildman–Crippen LogP) is 1.80. The van der Waals surface area contributed by atoms with E-state index in [1.165, 1.54) is 0 Å².